The van der Waals surface area contributed by atoms with Crippen molar-refractivity contribution in [3.8, 4) is 0 Å². The van der Waals surface area contributed by atoms with E-state index >= 15 is 0 Å². The Morgan fingerprint density at radius 2 is 2.09 bits per heavy atom. The molecule has 2 rings (SSSR count). The summed E-state index contributed by atoms with van der Waals surface area (Å²) in [6.07, 6.45) is 2.11. The third-order valence-corrected chi connectivity index (χ3v) is 3.04. The zero-order chi connectivity index (χ0) is 16.3. The van der Waals surface area contributed by atoms with Crippen LogP contribution < -0.4 is 5.32 Å². The molecule has 0 fully saturated rings. The second-order valence-corrected chi connectivity index (χ2v) is 6.08. The third kappa shape index (κ3) is 4.19. The molecule has 1 aromatic carbocycles. The van der Waals surface area contributed by atoms with Crippen LogP contribution in [0.5, 0.6) is 0 Å². The molecular weight excluding hydrogens is 292 g/mol. The smallest absolute Gasteiger partial charge is 0.408 e. The van der Waals surface area contributed by atoms with Crippen molar-refractivity contribution in [2.24, 2.45) is 0 Å². The number of rotatable bonds is 2. The normalized spacial score (nSPS) is 21.1. The SMILES string of the molecule is CC(C)(C)OC(=O)N[C@@H]1CC=CO[C@H]1c1cc(F)ccc1F. The fourth-order valence-electron chi connectivity index (χ4n) is 2.18. The second-order valence-electron chi connectivity index (χ2n) is 6.08. The van der Waals surface area contributed by atoms with Crippen molar-refractivity contribution in [1.29, 1.82) is 0 Å². The minimum absolute atomic E-state index is 0.0606. The Labute approximate surface area is 128 Å². The van der Waals surface area contributed by atoms with Gasteiger partial charge >= 0.3 is 6.09 Å². The topological polar surface area (TPSA) is 47.6 Å². The number of hydrogen-bond donors (Lipinski definition) is 1. The molecular formula is C16H19F2NO3. The second kappa shape index (κ2) is 6.34. The number of amides is 1. The van der Waals surface area contributed by atoms with Crippen LogP contribution in [0.25, 0.3) is 0 Å². The van der Waals surface area contributed by atoms with Gasteiger partial charge in [-0.15, -0.1) is 0 Å². The summed E-state index contributed by atoms with van der Waals surface area (Å²) in [6.45, 7) is 5.23. The maximum atomic E-state index is 13.9. The zero-order valence-corrected chi connectivity index (χ0v) is 12.7. The molecule has 1 aliphatic heterocycles. The summed E-state index contributed by atoms with van der Waals surface area (Å²) in [7, 11) is 0. The molecule has 1 aromatic rings. The number of carbonyl (C=O) groups is 1. The molecule has 0 bridgehead atoms. The number of nitrogens with one attached hydrogen (secondary N) is 1. The van der Waals surface area contributed by atoms with Crippen molar-refractivity contribution >= 4 is 6.09 Å². The first-order valence-electron chi connectivity index (χ1n) is 7.01. The van der Waals surface area contributed by atoms with Gasteiger partial charge in [-0.2, -0.15) is 0 Å². The van der Waals surface area contributed by atoms with Crippen LogP contribution in [-0.4, -0.2) is 17.7 Å². The molecule has 0 radical (unpaired) electrons. The van der Waals surface area contributed by atoms with Crippen LogP contribution in [0.4, 0.5) is 13.6 Å². The van der Waals surface area contributed by atoms with E-state index in [1.807, 2.05) is 0 Å². The maximum absolute atomic E-state index is 13.9. The van der Waals surface area contributed by atoms with Crippen LogP contribution in [0.1, 0.15) is 38.9 Å². The number of alkyl carbamates (subject to hydrolysis) is 1. The quantitative estimate of drug-likeness (QED) is 0.903. The Morgan fingerprint density at radius 3 is 2.77 bits per heavy atom. The molecule has 1 amide bonds. The van der Waals surface area contributed by atoms with Gasteiger partial charge in [0.15, 0.2) is 0 Å². The molecule has 120 valence electrons. The predicted octanol–water partition coefficient (Wildman–Crippen LogP) is 3.83. The van der Waals surface area contributed by atoms with Crippen LogP contribution in [0, 0.1) is 11.6 Å². The number of carbonyl (C=O) groups excluding carboxylic acids is 1. The highest BCUT2D eigenvalue weighted by atomic mass is 19.1. The maximum Gasteiger partial charge on any atom is 0.408 e. The van der Waals surface area contributed by atoms with Crippen molar-refractivity contribution in [3.63, 3.8) is 0 Å². The minimum Gasteiger partial charge on any atom is -0.491 e. The Kier molecular flexibility index (Phi) is 4.68. The Hall–Kier alpha value is -2.11. The largest absolute Gasteiger partial charge is 0.491 e. The number of halogens is 2. The molecule has 0 spiro atoms. The Balaban J connectivity index is 2.17. The first kappa shape index (κ1) is 16.3. The first-order chi connectivity index (χ1) is 10.3. The average Bonchev–Trinajstić information content (AvgIpc) is 2.40. The highest BCUT2D eigenvalue weighted by Crippen LogP contribution is 2.30. The summed E-state index contributed by atoms with van der Waals surface area (Å²) in [4.78, 5) is 11.9. The van der Waals surface area contributed by atoms with E-state index in [0.29, 0.717) is 6.42 Å². The number of hydrogen-bond acceptors (Lipinski definition) is 3. The lowest BCUT2D eigenvalue weighted by Crippen LogP contribution is -2.43. The van der Waals surface area contributed by atoms with Gasteiger partial charge in [0.2, 0.25) is 0 Å². The molecule has 0 saturated heterocycles. The van der Waals surface area contributed by atoms with Crippen LogP contribution in [0.3, 0.4) is 0 Å². The molecule has 1 N–H and O–H groups in total. The number of benzene rings is 1. The van der Waals surface area contributed by atoms with Crippen LogP contribution in [-0.2, 0) is 9.47 Å². The predicted molar refractivity (Wildman–Crippen MR) is 77.1 cm³/mol. The molecule has 2 atom stereocenters. The van der Waals surface area contributed by atoms with E-state index in [4.69, 9.17) is 9.47 Å². The van der Waals surface area contributed by atoms with E-state index in [1.54, 1.807) is 26.8 Å². The fourth-order valence-corrected chi connectivity index (χ4v) is 2.18. The zero-order valence-electron chi connectivity index (χ0n) is 12.7. The monoisotopic (exact) mass is 311 g/mol. The molecule has 1 aliphatic rings. The molecule has 0 aromatic heterocycles. The lowest BCUT2D eigenvalue weighted by atomic mass is 9.97. The number of ether oxygens (including phenoxy) is 2. The van der Waals surface area contributed by atoms with Gasteiger partial charge in [-0.25, -0.2) is 13.6 Å². The highest BCUT2D eigenvalue weighted by Gasteiger charge is 2.31. The van der Waals surface area contributed by atoms with Crippen molar-refractivity contribution in [3.05, 3.63) is 47.7 Å². The van der Waals surface area contributed by atoms with Gasteiger partial charge in [-0.1, -0.05) is 0 Å². The van der Waals surface area contributed by atoms with Crippen LogP contribution in [0.2, 0.25) is 0 Å². The molecule has 6 heteroatoms. The summed E-state index contributed by atoms with van der Waals surface area (Å²) in [5, 5.41) is 2.64. The van der Waals surface area contributed by atoms with Crippen molar-refractivity contribution in [2.45, 2.75) is 44.9 Å². The van der Waals surface area contributed by atoms with Gasteiger partial charge in [-0.3, -0.25) is 0 Å². The fraction of sp³-hybridized carbons (Fsp3) is 0.438. The molecule has 0 aliphatic carbocycles. The lowest BCUT2D eigenvalue weighted by molar-refractivity contribution is 0.0368. The summed E-state index contributed by atoms with van der Waals surface area (Å²) in [5.41, 5.74) is -0.583. The molecule has 0 unspecified atom stereocenters. The molecule has 1 heterocycles. The molecule has 4 nitrogen and oxygen atoms in total. The Bertz CT molecular complexity index is 581. The van der Waals surface area contributed by atoms with E-state index in [-0.39, 0.29) is 5.56 Å². The Morgan fingerprint density at radius 1 is 1.36 bits per heavy atom. The van der Waals surface area contributed by atoms with Crippen LogP contribution in [0.15, 0.2) is 30.5 Å². The van der Waals surface area contributed by atoms with Gasteiger partial charge < -0.3 is 14.8 Å². The summed E-state index contributed by atoms with van der Waals surface area (Å²) in [6, 6.07) is 2.60. The minimum atomic E-state index is -0.812. The van der Waals surface area contributed by atoms with Crippen molar-refractivity contribution < 1.29 is 23.0 Å². The van der Waals surface area contributed by atoms with Gasteiger partial charge in [0.25, 0.3) is 0 Å². The highest BCUT2D eigenvalue weighted by molar-refractivity contribution is 5.68. The van der Waals surface area contributed by atoms with E-state index in [1.165, 1.54) is 6.26 Å². The van der Waals surface area contributed by atoms with Gasteiger partial charge in [0, 0.05) is 5.56 Å². The first-order valence-corrected chi connectivity index (χ1v) is 7.01. The summed E-state index contributed by atoms with van der Waals surface area (Å²) in [5.74, 6) is -1.15. The third-order valence-electron chi connectivity index (χ3n) is 3.04. The van der Waals surface area contributed by atoms with Crippen molar-refractivity contribution in [1.82, 2.24) is 5.32 Å². The average molecular weight is 311 g/mol. The summed E-state index contributed by atoms with van der Waals surface area (Å²) >= 11 is 0. The summed E-state index contributed by atoms with van der Waals surface area (Å²) < 4.78 is 37.9. The van der Waals surface area contributed by atoms with E-state index < -0.39 is 35.5 Å². The van der Waals surface area contributed by atoms with E-state index in [0.717, 1.165) is 18.2 Å². The molecule has 22 heavy (non-hydrogen) atoms. The van der Waals surface area contributed by atoms with E-state index in [9.17, 15) is 13.6 Å². The van der Waals surface area contributed by atoms with Gasteiger partial charge in [-0.05, 0) is 51.5 Å². The standard InChI is InChI=1S/C16H19F2NO3/c1-16(2,3)22-15(20)19-13-5-4-8-21-14(13)11-9-10(17)6-7-12(11)18/h4,6-9,13-14H,5H2,1-3H3,(H,19,20)/t13-,14+/m1/s1. The molecule has 0 saturated carbocycles. The van der Waals surface area contributed by atoms with E-state index in [2.05, 4.69) is 5.32 Å². The van der Waals surface area contributed by atoms with Crippen molar-refractivity contribution in [2.75, 3.05) is 0 Å². The van der Waals surface area contributed by atoms with Gasteiger partial charge in [0.05, 0.1) is 12.3 Å². The van der Waals surface area contributed by atoms with Gasteiger partial charge in [0.1, 0.15) is 23.3 Å². The lowest BCUT2D eigenvalue weighted by Gasteiger charge is -2.31. The van der Waals surface area contributed by atoms with Crippen LogP contribution >= 0.6 is 0 Å².